The Morgan fingerprint density at radius 2 is 1.69 bits per heavy atom. The Morgan fingerprint density at radius 3 is 2.38 bits per heavy atom. The van der Waals surface area contributed by atoms with Crippen molar-refractivity contribution in [3.8, 4) is 0 Å². The Labute approximate surface area is 225 Å². The molecule has 196 valence electrons. The molecule has 0 atom stereocenters. The molecule has 39 heavy (non-hydrogen) atoms. The van der Waals surface area contributed by atoms with Gasteiger partial charge < -0.3 is 15.2 Å². The topological polar surface area (TPSA) is 105 Å². The Balaban J connectivity index is 1.37. The molecule has 3 aromatic carbocycles. The van der Waals surface area contributed by atoms with Gasteiger partial charge in [-0.05, 0) is 60.8 Å². The molecule has 0 saturated carbocycles. The molecule has 3 heterocycles. The molecule has 0 radical (unpaired) electrons. The molecule has 1 saturated heterocycles. The second-order valence-corrected chi connectivity index (χ2v) is 9.93. The van der Waals surface area contributed by atoms with Crippen molar-refractivity contribution in [1.29, 1.82) is 0 Å². The van der Waals surface area contributed by atoms with E-state index in [0.29, 0.717) is 29.1 Å². The summed E-state index contributed by atoms with van der Waals surface area (Å²) in [5.41, 5.74) is 5.91. The molecule has 9 nitrogen and oxygen atoms in total. The number of rotatable bonds is 8. The number of nitrogens with zero attached hydrogens (tertiary/aromatic N) is 4. The molecule has 0 aliphatic carbocycles. The lowest BCUT2D eigenvalue weighted by molar-refractivity contribution is -0.384. The zero-order valence-electron chi connectivity index (χ0n) is 21.3. The molecular weight excluding hydrogens is 492 g/mol. The number of nitrogens with one attached hydrogen (secondary N) is 2. The number of benzene rings is 3. The number of non-ortho nitro benzene ring substituents is 1. The van der Waals surface area contributed by atoms with Crippen LogP contribution < -0.4 is 10.6 Å². The Bertz CT molecular complexity index is 1540. The lowest BCUT2D eigenvalue weighted by Crippen LogP contribution is -2.18. The van der Waals surface area contributed by atoms with Crippen LogP contribution in [0.4, 0.5) is 17.1 Å². The number of carbonyl (C=O) groups is 1. The number of nitro benzene ring substituents is 1. The maximum absolute atomic E-state index is 13.2. The minimum absolute atomic E-state index is 0.0657. The van der Waals surface area contributed by atoms with E-state index in [1.54, 1.807) is 18.6 Å². The average Bonchev–Trinajstić information content (AvgIpc) is 3.70. The van der Waals surface area contributed by atoms with Gasteiger partial charge >= 0.3 is 0 Å². The zero-order chi connectivity index (χ0) is 26.8. The first-order valence-corrected chi connectivity index (χ1v) is 13.0. The number of likely N-dealkylation sites (tertiary alicyclic amines) is 1. The van der Waals surface area contributed by atoms with E-state index in [1.807, 2.05) is 47.2 Å². The summed E-state index contributed by atoms with van der Waals surface area (Å²) in [4.78, 5) is 30.9. The van der Waals surface area contributed by atoms with Gasteiger partial charge in [-0.1, -0.05) is 36.4 Å². The molecule has 1 aromatic heterocycles. The molecule has 0 unspecified atom stereocenters. The minimum Gasteiger partial charge on any atom is -0.354 e. The lowest BCUT2D eigenvalue weighted by atomic mass is 9.98. The van der Waals surface area contributed by atoms with E-state index in [4.69, 9.17) is 0 Å². The molecule has 1 fully saturated rings. The zero-order valence-corrected chi connectivity index (χ0v) is 21.3. The number of carbonyl (C=O) groups excluding carboxylic acids is 1. The maximum Gasteiger partial charge on any atom is 0.270 e. The van der Waals surface area contributed by atoms with Crippen LogP contribution in [-0.4, -0.2) is 38.4 Å². The quantitative estimate of drug-likeness (QED) is 0.184. The Kier molecular flexibility index (Phi) is 6.64. The summed E-state index contributed by atoms with van der Waals surface area (Å²) in [5, 5.41) is 17.8. The van der Waals surface area contributed by atoms with Crippen molar-refractivity contribution >= 4 is 34.2 Å². The molecule has 2 N–H and O–H groups in total. The minimum atomic E-state index is -0.447. The standard InChI is InChI=1S/C30H28N6O3/c37-30-28(26-17-25(36(38)39)11-12-27(26)33-30)29(23-7-3-21(4-8-23)19-35-16-13-31-20-35)32-24-9-5-22(6-10-24)18-34-14-1-2-15-34/h3-13,16-17,20,32H,1-2,14-15,18-19H2,(H,33,37)/b29-28-. The fourth-order valence-electron chi connectivity index (χ4n) is 5.20. The largest absolute Gasteiger partial charge is 0.354 e. The number of fused-ring (bicyclic) bond motifs is 1. The van der Waals surface area contributed by atoms with Gasteiger partial charge in [0.2, 0.25) is 0 Å². The van der Waals surface area contributed by atoms with Gasteiger partial charge in [-0.3, -0.25) is 19.8 Å². The number of amides is 1. The lowest BCUT2D eigenvalue weighted by Gasteiger charge is -2.17. The van der Waals surface area contributed by atoms with E-state index >= 15 is 0 Å². The van der Waals surface area contributed by atoms with Crippen molar-refractivity contribution in [1.82, 2.24) is 14.5 Å². The van der Waals surface area contributed by atoms with Gasteiger partial charge in [-0.25, -0.2) is 4.98 Å². The van der Waals surface area contributed by atoms with Crippen LogP contribution in [0.5, 0.6) is 0 Å². The van der Waals surface area contributed by atoms with Crippen LogP contribution in [0.2, 0.25) is 0 Å². The molecule has 6 rings (SSSR count). The number of hydrogen-bond acceptors (Lipinski definition) is 6. The summed E-state index contributed by atoms with van der Waals surface area (Å²) in [6, 6.07) is 20.6. The molecule has 1 amide bonds. The van der Waals surface area contributed by atoms with Crippen molar-refractivity contribution in [3.63, 3.8) is 0 Å². The fraction of sp³-hybridized carbons (Fsp3) is 0.200. The molecule has 0 bridgehead atoms. The summed E-state index contributed by atoms with van der Waals surface area (Å²) in [6.45, 7) is 3.86. The Hall–Kier alpha value is -4.76. The monoisotopic (exact) mass is 520 g/mol. The van der Waals surface area contributed by atoms with Gasteiger partial charge in [0.05, 0.1) is 22.5 Å². The van der Waals surface area contributed by atoms with Crippen LogP contribution in [0, 0.1) is 10.1 Å². The SMILES string of the molecule is O=C1Nc2ccc([N+](=O)[O-])cc2/C1=C(/Nc1ccc(CN2CCCC2)cc1)c1ccc(Cn2ccnc2)cc1. The first-order valence-electron chi connectivity index (χ1n) is 13.0. The number of anilines is 2. The molecule has 4 aromatic rings. The van der Waals surface area contributed by atoms with Gasteiger partial charge in [0.1, 0.15) is 0 Å². The van der Waals surface area contributed by atoms with Gasteiger partial charge in [0.15, 0.2) is 0 Å². The molecule has 9 heteroatoms. The highest BCUT2D eigenvalue weighted by atomic mass is 16.6. The highest BCUT2D eigenvalue weighted by Crippen LogP contribution is 2.39. The molecule has 2 aliphatic heterocycles. The van der Waals surface area contributed by atoms with Crippen molar-refractivity contribution in [2.75, 3.05) is 23.7 Å². The second kappa shape index (κ2) is 10.5. The van der Waals surface area contributed by atoms with Crippen molar-refractivity contribution in [2.45, 2.75) is 25.9 Å². The number of imidazole rings is 1. The summed E-state index contributed by atoms with van der Waals surface area (Å²) < 4.78 is 1.98. The third-order valence-corrected chi connectivity index (χ3v) is 7.20. The van der Waals surface area contributed by atoms with Gasteiger partial charge in [0, 0.05) is 54.6 Å². The Morgan fingerprint density at radius 1 is 0.974 bits per heavy atom. The van der Waals surface area contributed by atoms with Crippen LogP contribution >= 0.6 is 0 Å². The molecule has 0 spiro atoms. The van der Waals surface area contributed by atoms with Crippen LogP contribution in [-0.2, 0) is 17.9 Å². The third-order valence-electron chi connectivity index (χ3n) is 7.20. The van der Waals surface area contributed by atoms with Crippen LogP contribution in [0.15, 0.2) is 85.5 Å². The van der Waals surface area contributed by atoms with E-state index in [-0.39, 0.29) is 11.6 Å². The smallest absolute Gasteiger partial charge is 0.270 e. The predicted octanol–water partition coefficient (Wildman–Crippen LogP) is 5.37. The number of aromatic nitrogens is 2. The number of nitro groups is 1. The van der Waals surface area contributed by atoms with Crippen molar-refractivity contribution < 1.29 is 9.72 Å². The van der Waals surface area contributed by atoms with Gasteiger partial charge in [-0.15, -0.1) is 0 Å². The number of hydrogen-bond donors (Lipinski definition) is 2. The summed E-state index contributed by atoms with van der Waals surface area (Å²) >= 11 is 0. The van der Waals surface area contributed by atoms with Crippen molar-refractivity contribution in [3.05, 3.63) is 118 Å². The van der Waals surface area contributed by atoms with E-state index < -0.39 is 4.92 Å². The average molecular weight is 521 g/mol. The van der Waals surface area contributed by atoms with E-state index in [1.165, 1.54) is 30.5 Å². The van der Waals surface area contributed by atoms with E-state index in [9.17, 15) is 14.9 Å². The highest BCUT2D eigenvalue weighted by molar-refractivity contribution is 6.37. The first kappa shape index (κ1) is 24.6. The van der Waals surface area contributed by atoms with Crippen LogP contribution in [0.1, 0.15) is 35.1 Å². The maximum atomic E-state index is 13.2. The molecule has 2 aliphatic rings. The van der Waals surface area contributed by atoms with Gasteiger partial charge in [-0.2, -0.15) is 0 Å². The summed E-state index contributed by atoms with van der Waals surface area (Å²) in [6.07, 6.45) is 7.91. The van der Waals surface area contributed by atoms with E-state index in [2.05, 4.69) is 32.7 Å². The third kappa shape index (κ3) is 5.30. The molecular formula is C30H28N6O3. The second-order valence-electron chi connectivity index (χ2n) is 9.93. The van der Waals surface area contributed by atoms with Crippen LogP contribution in [0.3, 0.4) is 0 Å². The van der Waals surface area contributed by atoms with Gasteiger partial charge in [0.25, 0.3) is 11.6 Å². The first-order chi connectivity index (χ1) is 19.0. The summed E-state index contributed by atoms with van der Waals surface area (Å²) in [7, 11) is 0. The highest BCUT2D eigenvalue weighted by Gasteiger charge is 2.30. The fourth-order valence-corrected chi connectivity index (χ4v) is 5.20. The predicted molar refractivity (Wildman–Crippen MR) is 151 cm³/mol. The normalized spacial score (nSPS) is 16.2. The van der Waals surface area contributed by atoms with Crippen LogP contribution in [0.25, 0.3) is 11.3 Å². The van der Waals surface area contributed by atoms with E-state index in [0.717, 1.165) is 36.4 Å². The summed E-state index contributed by atoms with van der Waals surface area (Å²) in [5.74, 6) is -0.304. The van der Waals surface area contributed by atoms with Crippen molar-refractivity contribution in [2.24, 2.45) is 0 Å².